The molecule has 0 bridgehead atoms. The first kappa shape index (κ1) is 28.5. The highest BCUT2D eigenvalue weighted by atomic mass is 14.9. The lowest BCUT2D eigenvalue weighted by Crippen LogP contribution is -2.36. The Labute approximate surface area is 212 Å². The number of hydrogen-bond donors (Lipinski definition) is 1. The fourth-order valence-electron chi connectivity index (χ4n) is 5.13. The van der Waals surface area contributed by atoms with Crippen molar-refractivity contribution in [2.45, 2.75) is 107 Å². The van der Waals surface area contributed by atoms with Crippen LogP contribution in [0.1, 0.15) is 104 Å². The average molecular weight is 464 g/mol. The van der Waals surface area contributed by atoms with Crippen molar-refractivity contribution >= 4 is 0 Å². The third-order valence-electron chi connectivity index (χ3n) is 7.90. The summed E-state index contributed by atoms with van der Waals surface area (Å²) >= 11 is 0. The summed E-state index contributed by atoms with van der Waals surface area (Å²) in [7, 11) is 0. The Morgan fingerprint density at radius 1 is 1.15 bits per heavy atom. The zero-order chi connectivity index (χ0) is 25.5. The molecule has 2 rings (SSSR count). The van der Waals surface area contributed by atoms with Gasteiger partial charge in [-0.15, -0.1) is 0 Å². The summed E-state index contributed by atoms with van der Waals surface area (Å²) in [6.07, 6.45) is 12.3. The molecule has 2 atom stereocenters. The Kier molecular flexibility index (Phi) is 10.3. The van der Waals surface area contributed by atoms with E-state index < -0.39 is 0 Å². The lowest BCUT2D eigenvalue weighted by atomic mass is 9.70. The van der Waals surface area contributed by atoms with Crippen LogP contribution in [0.25, 0.3) is 0 Å². The molecule has 0 aliphatic heterocycles. The van der Waals surface area contributed by atoms with Crippen LogP contribution >= 0.6 is 0 Å². The number of rotatable bonds is 13. The molecule has 1 aliphatic rings. The molecule has 0 radical (unpaired) electrons. The van der Waals surface area contributed by atoms with Crippen LogP contribution < -0.4 is 5.32 Å². The number of allylic oxidation sites excluding steroid dienone is 3. The van der Waals surface area contributed by atoms with Gasteiger partial charge in [-0.3, -0.25) is 0 Å². The van der Waals surface area contributed by atoms with Gasteiger partial charge in [-0.05, 0) is 110 Å². The minimum absolute atomic E-state index is 0.389. The Morgan fingerprint density at radius 3 is 2.38 bits per heavy atom. The molecule has 34 heavy (non-hydrogen) atoms. The molecule has 0 saturated heterocycles. The molecule has 1 aromatic carbocycles. The van der Waals surface area contributed by atoms with Crippen molar-refractivity contribution < 1.29 is 0 Å². The summed E-state index contributed by atoms with van der Waals surface area (Å²) in [6.45, 7) is 28.2. The number of benzene rings is 1. The van der Waals surface area contributed by atoms with Crippen LogP contribution in [-0.4, -0.2) is 6.54 Å². The molecule has 1 nitrogen and oxygen atoms in total. The molecule has 1 saturated carbocycles. The molecule has 0 amide bonds. The molecule has 0 spiro atoms. The third kappa shape index (κ3) is 9.47. The Morgan fingerprint density at radius 2 is 1.82 bits per heavy atom. The zero-order valence-corrected chi connectivity index (χ0v) is 23.7. The summed E-state index contributed by atoms with van der Waals surface area (Å²) in [5.41, 5.74) is 8.86. The number of aryl methyl sites for hydroxylation is 3. The molecular formula is C33H53N. The van der Waals surface area contributed by atoms with Gasteiger partial charge in [-0.1, -0.05) is 84.9 Å². The van der Waals surface area contributed by atoms with E-state index in [0.29, 0.717) is 22.7 Å². The van der Waals surface area contributed by atoms with Gasteiger partial charge in [-0.25, -0.2) is 0 Å². The third-order valence-corrected chi connectivity index (χ3v) is 7.90. The molecule has 0 aromatic heterocycles. The average Bonchev–Trinajstić information content (AvgIpc) is 2.72. The van der Waals surface area contributed by atoms with Crippen molar-refractivity contribution in [2.24, 2.45) is 22.7 Å². The quantitative estimate of drug-likeness (QED) is 0.287. The minimum Gasteiger partial charge on any atom is -0.385 e. The van der Waals surface area contributed by atoms with Crippen LogP contribution in [0, 0.1) is 29.6 Å². The molecule has 1 aliphatic carbocycles. The zero-order valence-electron chi connectivity index (χ0n) is 23.7. The van der Waals surface area contributed by atoms with E-state index >= 15 is 0 Å². The maximum Gasteiger partial charge on any atom is 0.0270 e. The highest BCUT2D eigenvalue weighted by Gasteiger charge is 2.31. The lowest BCUT2D eigenvalue weighted by molar-refractivity contribution is 0.162. The lowest BCUT2D eigenvalue weighted by Gasteiger charge is -2.38. The van der Waals surface area contributed by atoms with Gasteiger partial charge in [0.15, 0.2) is 0 Å². The predicted molar refractivity (Wildman–Crippen MR) is 152 cm³/mol. The smallest absolute Gasteiger partial charge is 0.0270 e. The van der Waals surface area contributed by atoms with Gasteiger partial charge in [0.1, 0.15) is 0 Å². The second-order valence-electron chi connectivity index (χ2n) is 13.0. The van der Waals surface area contributed by atoms with Crippen molar-refractivity contribution in [3.05, 3.63) is 71.0 Å². The van der Waals surface area contributed by atoms with Crippen LogP contribution in [0.3, 0.4) is 0 Å². The van der Waals surface area contributed by atoms with Crippen molar-refractivity contribution in [2.75, 3.05) is 6.54 Å². The van der Waals surface area contributed by atoms with Gasteiger partial charge in [0, 0.05) is 12.2 Å². The summed E-state index contributed by atoms with van der Waals surface area (Å²) < 4.78 is 0. The van der Waals surface area contributed by atoms with E-state index in [0.717, 1.165) is 12.2 Å². The first-order chi connectivity index (χ1) is 15.8. The standard InChI is InChI=1S/C33H53N/c1-24(2)31(21-28(6)34-23-33(10)17-11-18-33)27(5)20-25(3)12-15-30-22-29(14-13-26(30)4)16-19-32(7,8)9/h13-14,21-22,25,27,34H,1,6,11-12,15-20,23H2,2-5,7-10H3/b31-21+. The molecule has 1 fully saturated rings. The van der Waals surface area contributed by atoms with Crippen molar-refractivity contribution in [3.8, 4) is 0 Å². The summed E-state index contributed by atoms with van der Waals surface area (Å²) in [6, 6.07) is 7.12. The Bertz CT molecular complexity index is 859. The highest BCUT2D eigenvalue weighted by Crippen LogP contribution is 2.39. The van der Waals surface area contributed by atoms with E-state index in [4.69, 9.17) is 0 Å². The number of nitrogens with one attached hydrogen (secondary N) is 1. The van der Waals surface area contributed by atoms with Gasteiger partial charge < -0.3 is 5.32 Å². The van der Waals surface area contributed by atoms with Gasteiger partial charge >= 0.3 is 0 Å². The van der Waals surface area contributed by atoms with Crippen LogP contribution in [0.4, 0.5) is 0 Å². The number of hydrogen-bond acceptors (Lipinski definition) is 1. The van der Waals surface area contributed by atoms with E-state index in [-0.39, 0.29) is 0 Å². The second-order valence-corrected chi connectivity index (χ2v) is 13.0. The van der Waals surface area contributed by atoms with Crippen LogP contribution in [0.5, 0.6) is 0 Å². The first-order valence-electron chi connectivity index (χ1n) is 13.7. The van der Waals surface area contributed by atoms with E-state index in [1.54, 1.807) is 0 Å². The maximum absolute atomic E-state index is 4.30. The van der Waals surface area contributed by atoms with Gasteiger partial charge in [0.25, 0.3) is 0 Å². The highest BCUT2D eigenvalue weighted by molar-refractivity contribution is 5.35. The fourth-order valence-corrected chi connectivity index (χ4v) is 5.13. The molecule has 0 heterocycles. The largest absolute Gasteiger partial charge is 0.385 e. The van der Waals surface area contributed by atoms with E-state index in [2.05, 4.69) is 98.1 Å². The second kappa shape index (κ2) is 12.3. The monoisotopic (exact) mass is 463 g/mol. The fraction of sp³-hybridized carbons (Fsp3) is 0.636. The molecular weight excluding hydrogens is 410 g/mol. The molecule has 1 N–H and O–H groups in total. The van der Waals surface area contributed by atoms with E-state index in [9.17, 15) is 0 Å². The topological polar surface area (TPSA) is 12.0 Å². The minimum atomic E-state index is 0.389. The molecule has 190 valence electrons. The van der Waals surface area contributed by atoms with Gasteiger partial charge in [0.05, 0.1) is 0 Å². The molecule has 2 unspecified atom stereocenters. The normalized spacial score (nSPS) is 17.6. The van der Waals surface area contributed by atoms with Crippen molar-refractivity contribution in [1.82, 2.24) is 5.32 Å². The Hall–Kier alpha value is -1.76. The maximum atomic E-state index is 4.30. The predicted octanol–water partition coefficient (Wildman–Crippen LogP) is 9.36. The van der Waals surface area contributed by atoms with Crippen LogP contribution in [0.2, 0.25) is 0 Å². The first-order valence-corrected chi connectivity index (χ1v) is 13.7. The van der Waals surface area contributed by atoms with E-state index in [1.807, 2.05) is 0 Å². The summed E-state index contributed by atoms with van der Waals surface area (Å²) in [5, 5.41) is 3.58. The van der Waals surface area contributed by atoms with Crippen molar-refractivity contribution in [3.63, 3.8) is 0 Å². The molecule has 1 aromatic rings. The summed E-state index contributed by atoms with van der Waals surface area (Å²) in [4.78, 5) is 0. The SMILES string of the molecule is C=C(/C=C(\C(=C)C)C(C)CC(C)CCc1cc(CCC(C)(C)C)ccc1C)NCC1(C)CCC1. The van der Waals surface area contributed by atoms with E-state index in [1.165, 1.54) is 79.2 Å². The van der Waals surface area contributed by atoms with Crippen LogP contribution in [-0.2, 0) is 12.8 Å². The van der Waals surface area contributed by atoms with Gasteiger partial charge in [0.2, 0.25) is 0 Å². The summed E-state index contributed by atoms with van der Waals surface area (Å²) in [5.74, 6) is 1.16. The Balaban J connectivity index is 1.91. The van der Waals surface area contributed by atoms with Gasteiger partial charge in [-0.2, -0.15) is 0 Å². The van der Waals surface area contributed by atoms with Crippen LogP contribution in [0.15, 0.2) is 54.3 Å². The van der Waals surface area contributed by atoms with Crippen molar-refractivity contribution in [1.29, 1.82) is 0 Å². The molecule has 1 heteroatoms.